The summed E-state index contributed by atoms with van der Waals surface area (Å²) in [7, 11) is 0. The number of phenolic OH excluding ortho intramolecular Hbond substituents is 1. The first-order chi connectivity index (χ1) is 10.9. The van der Waals surface area contributed by atoms with Crippen molar-refractivity contribution in [2.24, 2.45) is 0 Å². The van der Waals surface area contributed by atoms with E-state index in [2.05, 4.69) is 5.32 Å². The van der Waals surface area contributed by atoms with E-state index in [9.17, 15) is 19.1 Å². The molecule has 1 amide bonds. The maximum absolute atomic E-state index is 13.6. The molecule has 0 spiro atoms. The number of phenols is 1. The van der Waals surface area contributed by atoms with Crippen LogP contribution in [-0.4, -0.2) is 23.6 Å². The van der Waals surface area contributed by atoms with E-state index in [1.165, 1.54) is 30.3 Å². The summed E-state index contributed by atoms with van der Waals surface area (Å²) in [6.07, 6.45) is 0. The fraction of sp³-hybridized carbons (Fsp3) is 0.125. The van der Waals surface area contributed by atoms with Crippen LogP contribution in [-0.2, 0) is 9.53 Å². The van der Waals surface area contributed by atoms with Gasteiger partial charge in [-0.25, -0.2) is 9.18 Å². The van der Waals surface area contributed by atoms with Crippen molar-refractivity contribution < 1.29 is 23.8 Å². The lowest BCUT2D eigenvalue weighted by Gasteiger charge is -2.08. The van der Waals surface area contributed by atoms with Crippen LogP contribution >= 0.6 is 11.6 Å². The summed E-state index contributed by atoms with van der Waals surface area (Å²) in [5.41, 5.74) is 0.583. The smallest absolute Gasteiger partial charge is 0.342 e. The van der Waals surface area contributed by atoms with E-state index >= 15 is 0 Å². The van der Waals surface area contributed by atoms with Crippen LogP contribution in [0.3, 0.4) is 0 Å². The molecule has 2 aromatic carbocycles. The molecule has 2 aromatic rings. The van der Waals surface area contributed by atoms with Crippen molar-refractivity contribution in [3.8, 4) is 5.75 Å². The molecule has 0 fully saturated rings. The lowest BCUT2D eigenvalue weighted by molar-refractivity contribution is -0.119. The molecule has 0 atom stereocenters. The van der Waals surface area contributed by atoms with Gasteiger partial charge in [0.15, 0.2) is 6.61 Å². The quantitative estimate of drug-likeness (QED) is 0.839. The van der Waals surface area contributed by atoms with Crippen molar-refractivity contribution in [2.75, 3.05) is 11.9 Å². The van der Waals surface area contributed by atoms with E-state index < -0.39 is 24.3 Å². The van der Waals surface area contributed by atoms with Gasteiger partial charge in [0.25, 0.3) is 5.91 Å². The van der Waals surface area contributed by atoms with Gasteiger partial charge in [-0.15, -0.1) is 0 Å². The zero-order chi connectivity index (χ0) is 17.0. The van der Waals surface area contributed by atoms with Crippen LogP contribution in [0.5, 0.6) is 5.75 Å². The highest BCUT2D eigenvalue weighted by molar-refractivity contribution is 6.30. The van der Waals surface area contributed by atoms with Gasteiger partial charge in [0.05, 0.1) is 5.69 Å². The SMILES string of the molecule is Cc1ccc(NC(=O)COC(=O)c2ccc(Cl)cc2O)c(F)c1. The number of nitrogens with one attached hydrogen (secondary N) is 1. The lowest BCUT2D eigenvalue weighted by Crippen LogP contribution is -2.21. The normalized spacial score (nSPS) is 10.2. The zero-order valence-corrected chi connectivity index (χ0v) is 12.9. The molecule has 7 heteroatoms. The number of rotatable bonds is 4. The molecule has 0 heterocycles. The Kier molecular flexibility index (Phi) is 5.18. The average molecular weight is 338 g/mol. The number of benzene rings is 2. The fourth-order valence-corrected chi connectivity index (χ4v) is 1.96. The molecular weight excluding hydrogens is 325 g/mol. The molecule has 0 aromatic heterocycles. The van der Waals surface area contributed by atoms with Crippen molar-refractivity contribution in [1.29, 1.82) is 0 Å². The van der Waals surface area contributed by atoms with E-state index in [-0.39, 0.29) is 22.0 Å². The molecule has 120 valence electrons. The molecule has 2 rings (SSSR count). The molecule has 0 saturated heterocycles. The Bertz CT molecular complexity index is 764. The summed E-state index contributed by atoms with van der Waals surface area (Å²) >= 11 is 5.65. The predicted octanol–water partition coefficient (Wildman–Crippen LogP) is 3.29. The van der Waals surface area contributed by atoms with Crippen LogP contribution < -0.4 is 5.32 Å². The van der Waals surface area contributed by atoms with Crippen LogP contribution in [0.25, 0.3) is 0 Å². The zero-order valence-electron chi connectivity index (χ0n) is 12.1. The first kappa shape index (κ1) is 16.8. The van der Waals surface area contributed by atoms with Crippen molar-refractivity contribution >= 4 is 29.2 Å². The number of aryl methyl sites for hydroxylation is 1. The lowest BCUT2D eigenvalue weighted by atomic mass is 10.2. The highest BCUT2D eigenvalue weighted by Gasteiger charge is 2.15. The molecule has 0 aliphatic carbocycles. The van der Waals surface area contributed by atoms with E-state index in [1.54, 1.807) is 13.0 Å². The van der Waals surface area contributed by atoms with E-state index in [1.807, 2.05) is 0 Å². The van der Waals surface area contributed by atoms with E-state index in [4.69, 9.17) is 16.3 Å². The van der Waals surface area contributed by atoms with Crippen LogP contribution in [0, 0.1) is 12.7 Å². The number of esters is 1. The van der Waals surface area contributed by atoms with Crippen LogP contribution in [0.1, 0.15) is 15.9 Å². The standard InChI is InChI=1S/C16H13ClFNO4/c1-9-2-5-13(12(18)6-9)19-15(21)8-23-16(22)11-4-3-10(17)7-14(11)20/h2-7,20H,8H2,1H3,(H,19,21). The third-order valence-electron chi connectivity index (χ3n) is 2.91. The van der Waals surface area contributed by atoms with E-state index in [0.29, 0.717) is 5.56 Å². The number of anilines is 1. The number of hydrogen-bond donors (Lipinski definition) is 2. The molecular formula is C16H13ClFNO4. The van der Waals surface area contributed by atoms with Gasteiger partial charge < -0.3 is 15.2 Å². The van der Waals surface area contributed by atoms with Crippen LogP contribution in [0.15, 0.2) is 36.4 Å². The molecule has 2 N–H and O–H groups in total. The number of ether oxygens (including phenoxy) is 1. The average Bonchev–Trinajstić information content (AvgIpc) is 2.48. The molecule has 0 radical (unpaired) electrons. The Morgan fingerprint density at radius 3 is 2.65 bits per heavy atom. The predicted molar refractivity (Wildman–Crippen MR) is 83.2 cm³/mol. The first-order valence-electron chi connectivity index (χ1n) is 6.58. The Hall–Kier alpha value is -2.60. The Morgan fingerprint density at radius 2 is 2.00 bits per heavy atom. The van der Waals surface area contributed by atoms with Gasteiger partial charge in [-0.05, 0) is 42.8 Å². The van der Waals surface area contributed by atoms with Gasteiger partial charge in [-0.2, -0.15) is 0 Å². The Labute approximate surface area is 136 Å². The minimum atomic E-state index is -0.890. The molecule has 0 bridgehead atoms. The summed E-state index contributed by atoms with van der Waals surface area (Å²) in [6.45, 7) is 1.10. The molecule has 0 saturated carbocycles. The maximum atomic E-state index is 13.6. The van der Waals surface area contributed by atoms with Gasteiger partial charge in [-0.1, -0.05) is 17.7 Å². The molecule has 0 aliphatic heterocycles. The van der Waals surface area contributed by atoms with Crippen molar-refractivity contribution in [3.63, 3.8) is 0 Å². The summed E-state index contributed by atoms with van der Waals surface area (Å²) in [4.78, 5) is 23.5. The van der Waals surface area contributed by atoms with Crippen molar-refractivity contribution in [1.82, 2.24) is 0 Å². The van der Waals surface area contributed by atoms with Gasteiger partial charge >= 0.3 is 5.97 Å². The summed E-state index contributed by atoms with van der Waals surface area (Å²) in [6, 6.07) is 8.18. The molecule has 5 nitrogen and oxygen atoms in total. The number of amides is 1. The van der Waals surface area contributed by atoms with Gasteiger partial charge in [0.2, 0.25) is 0 Å². The van der Waals surface area contributed by atoms with Gasteiger partial charge in [0, 0.05) is 5.02 Å². The number of halogens is 2. The van der Waals surface area contributed by atoms with Gasteiger partial charge in [-0.3, -0.25) is 4.79 Å². The summed E-state index contributed by atoms with van der Waals surface area (Å²) < 4.78 is 18.4. The fourth-order valence-electron chi connectivity index (χ4n) is 1.79. The first-order valence-corrected chi connectivity index (χ1v) is 6.96. The number of carbonyl (C=O) groups excluding carboxylic acids is 2. The van der Waals surface area contributed by atoms with Gasteiger partial charge in [0.1, 0.15) is 17.1 Å². The minimum absolute atomic E-state index is 0.00834. The van der Waals surface area contributed by atoms with Crippen LogP contribution in [0.4, 0.5) is 10.1 Å². The van der Waals surface area contributed by atoms with Crippen molar-refractivity contribution in [2.45, 2.75) is 6.92 Å². The minimum Gasteiger partial charge on any atom is -0.507 e. The summed E-state index contributed by atoms with van der Waals surface area (Å²) in [5, 5.41) is 12.1. The largest absolute Gasteiger partial charge is 0.507 e. The summed E-state index contributed by atoms with van der Waals surface area (Å²) in [5.74, 6) is -2.53. The maximum Gasteiger partial charge on any atom is 0.342 e. The number of aromatic hydroxyl groups is 1. The Morgan fingerprint density at radius 1 is 1.26 bits per heavy atom. The molecule has 0 unspecified atom stereocenters. The molecule has 23 heavy (non-hydrogen) atoms. The highest BCUT2D eigenvalue weighted by Crippen LogP contribution is 2.22. The second-order valence-electron chi connectivity index (χ2n) is 4.77. The third-order valence-corrected chi connectivity index (χ3v) is 3.15. The second kappa shape index (κ2) is 7.11. The second-order valence-corrected chi connectivity index (χ2v) is 5.21. The van der Waals surface area contributed by atoms with Crippen molar-refractivity contribution in [3.05, 3.63) is 58.4 Å². The topological polar surface area (TPSA) is 75.6 Å². The third kappa shape index (κ3) is 4.43. The molecule has 0 aliphatic rings. The number of hydrogen-bond acceptors (Lipinski definition) is 4. The highest BCUT2D eigenvalue weighted by atomic mass is 35.5. The Balaban J connectivity index is 1.94. The monoisotopic (exact) mass is 337 g/mol. The van der Waals surface area contributed by atoms with E-state index in [0.717, 1.165) is 0 Å². The van der Waals surface area contributed by atoms with Crippen LogP contribution in [0.2, 0.25) is 5.02 Å². The number of carbonyl (C=O) groups is 2.